The third-order valence-electron chi connectivity index (χ3n) is 3.82. The second-order valence-electron chi connectivity index (χ2n) is 6.17. The molecule has 0 aliphatic heterocycles. The molecule has 8 nitrogen and oxygen atoms in total. The first kappa shape index (κ1) is 18.8. The summed E-state index contributed by atoms with van der Waals surface area (Å²) in [5, 5.41) is 7.36. The van der Waals surface area contributed by atoms with Gasteiger partial charge in [-0.3, -0.25) is 4.79 Å². The van der Waals surface area contributed by atoms with Crippen LogP contribution >= 0.6 is 11.6 Å². The van der Waals surface area contributed by atoms with E-state index >= 15 is 0 Å². The second kappa shape index (κ2) is 8.13. The SMILES string of the molecule is CC(C)c1c(C(=O)OCC(=O)NCc2cccc(Cl)c2)cnc2ncnn12. The Hall–Kier alpha value is -3.00. The fourth-order valence-corrected chi connectivity index (χ4v) is 2.83. The number of aromatic nitrogens is 4. The molecule has 0 fully saturated rings. The van der Waals surface area contributed by atoms with Gasteiger partial charge >= 0.3 is 5.97 Å². The maximum absolute atomic E-state index is 12.4. The Morgan fingerprint density at radius 3 is 2.85 bits per heavy atom. The predicted octanol–water partition coefficient (Wildman–Crippen LogP) is 2.37. The van der Waals surface area contributed by atoms with E-state index in [0.29, 0.717) is 23.0 Å². The molecule has 0 bridgehead atoms. The van der Waals surface area contributed by atoms with Crippen molar-refractivity contribution in [2.75, 3.05) is 6.61 Å². The summed E-state index contributed by atoms with van der Waals surface area (Å²) in [6, 6.07) is 7.14. The van der Waals surface area contributed by atoms with E-state index in [1.165, 1.54) is 17.0 Å². The maximum Gasteiger partial charge on any atom is 0.342 e. The van der Waals surface area contributed by atoms with Crippen LogP contribution in [-0.4, -0.2) is 38.1 Å². The van der Waals surface area contributed by atoms with Gasteiger partial charge in [0.2, 0.25) is 0 Å². The smallest absolute Gasteiger partial charge is 0.342 e. The van der Waals surface area contributed by atoms with E-state index in [9.17, 15) is 9.59 Å². The summed E-state index contributed by atoms with van der Waals surface area (Å²) >= 11 is 5.90. The van der Waals surface area contributed by atoms with Gasteiger partial charge in [0.1, 0.15) is 6.33 Å². The first-order valence-electron chi connectivity index (χ1n) is 8.32. The quantitative estimate of drug-likeness (QED) is 0.652. The van der Waals surface area contributed by atoms with Gasteiger partial charge in [-0.25, -0.2) is 14.3 Å². The Bertz CT molecular complexity index is 986. The average molecular weight is 388 g/mol. The maximum atomic E-state index is 12.4. The Kier molecular flexibility index (Phi) is 5.66. The molecule has 0 atom stereocenters. The normalized spacial score (nSPS) is 11.0. The van der Waals surface area contributed by atoms with Crippen molar-refractivity contribution in [1.82, 2.24) is 24.9 Å². The molecule has 140 valence electrons. The minimum Gasteiger partial charge on any atom is -0.452 e. The summed E-state index contributed by atoms with van der Waals surface area (Å²) in [5.74, 6) is -0.670. The van der Waals surface area contributed by atoms with Crippen molar-refractivity contribution < 1.29 is 14.3 Å². The molecule has 0 aliphatic rings. The molecule has 3 aromatic rings. The minimum absolute atomic E-state index is 0.0172. The number of carbonyl (C=O) groups excluding carboxylic acids is 2. The number of esters is 1. The summed E-state index contributed by atoms with van der Waals surface area (Å²) in [6.45, 7) is 3.74. The van der Waals surface area contributed by atoms with Crippen molar-refractivity contribution in [2.24, 2.45) is 0 Å². The molecule has 3 rings (SSSR count). The zero-order valence-electron chi connectivity index (χ0n) is 14.8. The second-order valence-corrected chi connectivity index (χ2v) is 6.60. The van der Waals surface area contributed by atoms with Gasteiger partial charge in [-0.15, -0.1) is 0 Å². The summed E-state index contributed by atoms with van der Waals surface area (Å²) in [7, 11) is 0. The molecule has 0 radical (unpaired) electrons. The van der Waals surface area contributed by atoms with Crippen LogP contribution in [0, 0.1) is 0 Å². The van der Waals surface area contributed by atoms with Crippen LogP contribution in [0.5, 0.6) is 0 Å². The molecule has 1 N–H and O–H groups in total. The van der Waals surface area contributed by atoms with Crippen LogP contribution in [0.15, 0.2) is 36.8 Å². The molecule has 0 unspecified atom stereocenters. The molecular formula is C18H18ClN5O3. The predicted molar refractivity (Wildman–Crippen MR) is 98.5 cm³/mol. The van der Waals surface area contributed by atoms with E-state index in [1.54, 1.807) is 18.2 Å². The van der Waals surface area contributed by atoms with Crippen molar-refractivity contribution in [3.63, 3.8) is 0 Å². The number of hydrogen-bond donors (Lipinski definition) is 1. The van der Waals surface area contributed by atoms with Crippen LogP contribution in [0.2, 0.25) is 5.02 Å². The fraction of sp³-hybridized carbons (Fsp3) is 0.278. The van der Waals surface area contributed by atoms with Gasteiger partial charge in [0, 0.05) is 17.8 Å². The van der Waals surface area contributed by atoms with Crippen molar-refractivity contribution in [3.8, 4) is 0 Å². The van der Waals surface area contributed by atoms with E-state index in [2.05, 4.69) is 20.4 Å². The molecule has 0 aliphatic carbocycles. The molecule has 1 aromatic carbocycles. The van der Waals surface area contributed by atoms with Crippen LogP contribution in [0.1, 0.15) is 41.4 Å². The summed E-state index contributed by atoms with van der Waals surface area (Å²) in [4.78, 5) is 32.5. The fourth-order valence-electron chi connectivity index (χ4n) is 2.62. The van der Waals surface area contributed by atoms with Gasteiger partial charge < -0.3 is 10.1 Å². The van der Waals surface area contributed by atoms with E-state index < -0.39 is 18.5 Å². The van der Waals surface area contributed by atoms with Crippen LogP contribution in [0.4, 0.5) is 0 Å². The summed E-state index contributed by atoms with van der Waals surface area (Å²) < 4.78 is 6.64. The van der Waals surface area contributed by atoms with E-state index in [1.807, 2.05) is 19.9 Å². The Balaban J connectivity index is 1.63. The third-order valence-corrected chi connectivity index (χ3v) is 4.06. The number of amides is 1. The Labute approximate surface area is 160 Å². The largest absolute Gasteiger partial charge is 0.452 e. The number of nitrogens with zero attached hydrogens (tertiary/aromatic N) is 4. The lowest BCUT2D eigenvalue weighted by Gasteiger charge is -2.13. The lowest BCUT2D eigenvalue weighted by atomic mass is 10.1. The summed E-state index contributed by atoms with van der Waals surface area (Å²) in [5.41, 5.74) is 1.73. The van der Waals surface area contributed by atoms with Gasteiger partial charge in [0.05, 0.1) is 11.3 Å². The van der Waals surface area contributed by atoms with Crippen molar-refractivity contribution in [3.05, 3.63) is 58.6 Å². The molecule has 2 heterocycles. The number of ether oxygens (including phenoxy) is 1. The van der Waals surface area contributed by atoms with E-state index in [-0.39, 0.29) is 11.5 Å². The van der Waals surface area contributed by atoms with Crippen molar-refractivity contribution >= 4 is 29.3 Å². The van der Waals surface area contributed by atoms with Crippen LogP contribution in [0.25, 0.3) is 5.78 Å². The zero-order chi connectivity index (χ0) is 19.4. The van der Waals surface area contributed by atoms with Gasteiger partial charge in [-0.2, -0.15) is 10.1 Å². The molecule has 9 heteroatoms. The molecule has 2 aromatic heterocycles. The first-order valence-corrected chi connectivity index (χ1v) is 8.70. The molecule has 1 amide bonds. The summed E-state index contributed by atoms with van der Waals surface area (Å²) in [6.07, 6.45) is 2.76. The van der Waals surface area contributed by atoms with Crippen molar-refractivity contribution in [1.29, 1.82) is 0 Å². The Morgan fingerprint density at radius 2 is 2.11 bits per heavy atom. The highest BCUT2D eigenvalue weighted by molar-refractivity contribution is 6.30. The molecular weight excluding hydrogens is 370 g/mol. The monoisotopic (exact) mass is 387 g/mol. The van der Waals surface area contributed by atoms with Crippen LogP contribution in [-0.2, 0) is 16.1 Å². The number of nitrogens with one attached hydrogen (secondary N) is 1. The number of fused-ring (bicyclic) bond motifs is 1. The number of carbonyl (C=O) groups is 2. The van der Waals surface area contributed by atoms with Gasteiger partial charge in [-0.05, 0) is 23.6 Å². The van der Waals surface area contributed by atoms with E-state index in [0.717, 1.165) is 5.56 Å². The molecule has 0 spiro atoms. The number of halogens is 1. The number of benzene rings is 1. The Morgan fingerprint density at radius 1 is 1.30 bits per heavy atom. The molecule has 27 heavy (non-hydrogen) atoms. The zero-order valence-corrected chi connectivity index (χ0v) is 15.6. The molecule has 0 saturated heterocycles. The highest BCUT2D eigenvalue weighted by Gasteiger charge is 2.21. The van der Waals surface area contributed by atoms with Crippen LogP contribution in [0.3, 0.4) is 0 Å². The van der Waals surface area contributed by atoms with Gasteiger partial charge in [-0.1, -0.05) is 37.6 Å². The van der Waals surface area contributed by atoms with Gasteiger partial charge in [0.15, 0.2) is 6.61 Å². The topological polar surface area (TPSA) is 98.5 Å². The molecule has 0 saturated carbocycles. The lowest BCUT2D eigenvalue weighted by Crippen LogP contribution is -2.28. The average Bonchev–Trinajstić information content (AvgIpc) is 3.12. The van der Waals surface area contributed by atoms with Crippen molar-refractivity contribution in [2.45, 2.75) is 26.3 Å². The van der Waals surface area contributed by atoms with Crippen LogP contribution < -0.4 is 5.32 Å². The number of hydrogen-bond acceptors (Lipinski definition) is 6. The van der Waals surface area contributed by atoms with Gasteiger partial charge in [0.25, 0.3) is 11.7 Å². The highest BCUT2D eigenvalue weighted by atomic mass is 35.5. The lowest BCUT2D eigenvalue weighted by molar-refractivity contribution is -0.124. The highest BCUT2D eigenvalue weighted by Crippen LogP contribution is 2.19. The minimum atomic E-state index is -0.637. The first-order chi connectivity index (χ1) is 13.0. The third kappa shape index (κ3) is 4.40. The number of rotatable bonds is 6. The van der Waals surface area contributed by atoms with E-state index in [4.69, 9.17) is 16.3 Å². The standard InChI is InChI=1S/C18H18ClN5O3/c1-11(2)16-14(8-21-18-22-10-23-24(16)18)17(26)27-9-15(25)20-7-12-4-3-5-13(19)6-12/h3-6,8,10-11H,7,9H2,1-2H3,(H,20,25).